The van der Waals surface area contributed by atoms with E-state index in [1.807, 2.05) is 12.4 Å². The number of fused-ring (bicyclic) bond motifs is 4. The first kappa shape index (κ1) is 30.6. The Morgan fingerprint density at radius 2 is 1.37 bits per heavy atom. The molecule has 2 nitrogen and oxygen atoms in total. The van der Waals surface area contributed by atoms with Crippen molar-refractivity contribution in [1.82, 2.24) is 9.97 Å². The number of rotatable bonds is 5. The standard InChI is InChI=1S/C49H34N2S/c1-3-16-40-34(9-1)13-6-19-43(40)39-29-46(45-20-7-14-35-10-2-4-17-42(35)45)48-47(30-39)52-49(51-48)37-25-22-33(23-26-37)32-11-5-12-36(24-21-32)41-18-8-15-38-31-50-28-27-44(38)41/h2-8,10,12-31H,1,9,11H2. The first-order valence-corrected chi connectivity index (χ1v) is 18.8. The molecule has 0 fully saturated rings. The van der Waals surface area contributed by atoms with Crippen LogP contribution in [0.3, 0.4) is 0 Å². The fourth-order valence-corrected chi connectivity index (χ4v) is 8.95. The van der Waals surface area contributed by atoms with Gasteiger partial charge in [0.1, 0.15) is 5.01 Å². The van der Waals surface area contributed by atoms with Crippen LogP contribution in [0.1, 0.15) is 35.1 Å². The highest BCUT2D eigenvalue weighted by Gasteiger charge is 2.18. The van der Waals surface area contributed by atoms with Gasteiger partial charge >= 0.3 is 0 Å². The summed E-state index contributed by atoms with van der Waals surface area (Å²) >= 11 is 1.79. The van der Waals surface area contributed by atoms with E-state index in [0.29, 0.717) is 0 Å². The molecule has 52 heavy (non-hydrogen) atoms. The van der Waals surface area contributed by atoms with Crippen molar-refractivity contribution in [3.63, 3.8) is 0 Å². The van der Waals surface area contributed by atoms with Crippen LogP contribution in [0, 0.1) is 0 Å². The molecule has 0 saturated carbocycles. The third-order valence-corrected chi connectivity index (χ3v) is 11.6. The predicted molar refractivity (Wildman–Crippen MR) is 222 cm³/mol. The molecule has 0 N–H and O–H groups in total. The Morgan fingerprint density at radius 3 is 2.31 bits per heavy atom. The Hall–Kier alpha value is -6.16. The van der Waals surface area contributed by atoms with E-state index in [1.54, 1.807) is 11.3 Å². The van der Waals surface area contributed by atoms with E-state index in [4.69, 9.17) is 4.98 Å². The van der Waals surface area contributed by atoms with Crippen LogP contribution in [0.25, 0.3) is 81.8 Å². The fourth-order valence-electron chi connectivity index (χ4n) is 7.92. The lowest BCUT2D eigenvalue weighted by atomic mass is 9.88. The Morgan fingerprint density at radius 1 is 0.577 bits per heavy atom. The van der Waals surface area contributed by atoms with Gasteiger partial charge in [0.05, 0.1) is 10.2 Å². The number of hydrogen-bond acceptors (Lipinski definition) is 3. The van der Waals surface area contributed by atoms with Crippen molar-refractivity contribution in [2.45, 2.75) is 19.3 Å². The summed E-state index contributed by atoms with van der Waals surface area (Å²) in [5.74, 6) is 0. The number of pyridine rings is 1. The van der Waals surface area contributed by atoms with Crippen molar-refractivity contribution in [2.24, 2.45) is 0 Å². The molecule has 8 aromatic rings. The normalized spacial score (nSPS) is 14.0. The van der Waals surface area contributed by atoms with E-state index in [-0.39, 0.29) is 0 Å². The second-order valence-electron chi connectivity index (χ2n) is 13.6. The van der Waals surface area contributed by atoms with E-state index < -0.39 is 0 Å². The third kappa shape index (κ3) is 5.42. The second kappa shape index (κ2) is 12.9. The van der Waals surface area contributed by atoms with Gasteiger partial charge in [-0.15, -0.1) is 11.3 Å². The molecular formula is C49H34N2S. The second-order valence-corrected chi connectivity index (χ2v) is 14.7. The maximum absolute atomic E-state index is 5.38. The van der Waals surface area contributed by atoms with Gasteiger partial charge in [0, 0.05) is 28.9 Å². The van der Waals surface area contributed by atoms with Gasteiger partial charge in [-0.05, 0) is 104 Å². The van der Waals surface area contributed by atoms with E-state index in [9.17, 15) is 0 Å². The van der Waals surface area contributed by atoms with Gasteiger partial charge < -0.3 is 0 Å². The first-order valence-electron chi connectivity index (χ1n) is 18.0. The molecule has 2 aliphatic carbocycles. The number of hydrogen-bond donors (Lipinski definition) is 0. The smallest absolute Gasteiger partial charge is 0.124 e. The van der Waals surface area contributed by atoms with E-state index in [1.165, 1.54) is 76.5 Å². The van der Waals surface area contributed by atoms with Crippen LogP contribution in [0.4, 0.5) is 0 Å². The first-order chi connectivity index (χ1) is 25.8. The van der Waals surface area contributed by atoms with Crippen molar-refractivity contribution in [3.8, 4) is 32.8 Å². The van der Waals surface area contributed by atoms with Gasteiger partial charge in [-0.25, -0.2) is 4.98 Å². The molecule has 246 valence electrons. The lowest BCUT2D eigenvalue weighted by molar-refractivity contribution is 0.986. The number of aryl methyl sites for hydroxylation is 1. The van der Waals surface area contributed by atoms with Crippen LogP contribution in [-0.4, -0.2) is 9.97 Å². The highest BCUT2D eigenvalue weighted by atomic mass is 32.1. The number of thiazole rings is 1. The minimum absolute atomic E-state index is 0.877. The molecule has 6 aromatic carbocycles. The van der Waals surface area contributed by atoms with Crippen LogP contribution in [0.2, 0.25) is 0 Å². The highest BCUT2D eigenvalue weighted by molar-refractivity contribution is 7.21. The number of aromatic nitrogens is 2. The van der Waals surface area contributed by atoms with Gasteiger partial charge in [-0.1, -0.05) is 140 Å². The molecule has 0 spiro atoms. The zero-order chi connectivity index (χ0) is 34.4. The van der Waals surface area contributed by atoms with Crippen molar-refractivity contribution in [2.75, 3.05) is 0 Å². The van der Waals surface area contributed by atoms with Crippen LogP contribution >= 0.6 is 11.3 Å². The number of benzene rings is 6. The van der Waals surface area contributed by atoms with Gasteiger partial charge in [-0.2, -0.15) is 0 Å². The Kier molecular flexibility index (Phi) is 7.58. The summed E-state index contributed by atoms with van der Waals surface area (Å²) in [6.07, 6.45) is 20.5. The fraction of sp³-hybridized carbons (Fsp3) is 0.0612. The molecular weight excluding hydrogens is 649 g/mol. The topological polar surface area (TPSA) is 25.8 Å². The van der Waals surface area contributed by atoms with E-state index in [2.05, 4.69) is 163 Å². The lowest BCUT2D eigenvalue weighted by Crippen LogP contribution is -1.96. The van der Waals surface area contributed by atoms with Crippen LogP contribution in [0.15, 0.2) is 164 Å². The Bertz CT molecular complexity index is 2800. The van der Waals surface area contributed by atoms with Gasteiger partial charge in [0.25, 0.3) is 0 Å². The number of nitrogens with zero attached hydrogens (tertiary/aromatic N) is 2. The highest BCUT2D eigenvalue weighted by Crippen LogP contribution is 2.43. The van der Waals surface area contributed by atoms with Crippen molar-refractivity contribution in [1.29, 1.82) is 0 Å². The summed E-state index contributed by atoms with van der Waals surface area (Å²) in [6, 6.07) is 44.3. The van der Waals surface area contributed by atoms with E-state index >= 15 is 0 Å². The molecule has 0 bridgehead atoms. The average molecular weight is 683 g/mol. The van der Waals surface area contributed by atoms with Gasteiger partial charge in [0.2, 0.25) is 0 Å². The predicted octanol–water partition coefficient (Wildman–Crippen LogP) is 13.4. The minimum atomic E-state index is 0.877. The van der Waals surface area contributed by atoms with Gasteiger partial charge in [0.15, 0.2) is 0 Å². The van der Waals surface area contributed by atoms with Crippen molar-refractivity contribution >= 4 is 60.3 Å². The third-order valence-electron chi connectivity index (χ3n) is 10.5. The Balaban J connectivity index is 1.05. The quantitative estimate of drug-likeness (QED) is 0.181. The number of allylic oxidation sites excluding steroid dienone is 7. The monoisotopic (exact) mass is 682 g/mol. The molecule has 2 heterocycles. The average Bonchev–Trinajstić information content (AvgIpc) is 3.50. The molecule has 0 aliphatic heterocycles. The summed E-state index contributed by atoms with van der Waals surface area (Å²) in [7, 11) is 0. The summed E-state index contributed by atoms with van der Waals surface area (Å²) in [5.41, 5.74) is 14.9. The molecule has 0 saturated heterocycles. The molecule has 0 amide bonds. The Labute approximate surface area is 307 Å². The van der Waals surface area contributed by atoms with Crippen LogP contribution in [0.5, 0.6) is 0 Å². The SMILES string of the molecule is C1=Cc2c(cccc2-c2cc(-c3cccc4ccccc34)c3nc(-c4ccc(C5=CC=C(c6cccc7cnccc67)C=CC5)cc4)sc3c2)CC1. The summed E-state index contributed by atoms with van der Waals surface area (Å²) in [6.45, 7) is 0. The summed E-state index contributed by atoms with van der Waals surface area (Å²) in [5, 5.41) is 5.91. The van der Waals surface area contributed by atoms with Crippen molar-refractivity contribution < 1.29 is 0 Å². The maximum atomic E-state index is 5.38. The molecule has 0 radical (unpaired) electrons. The maximum Gasteiger partial charge on any atom is 0.124 e. The van der Waals surface area contributed by atoms with E-state index in [0.717, 1.165) is 40.7 Å². The molecule has 3 heteroatoms. The zero-order valence-electron chi connectivity index (χ0n) is 28.6. The van der Waals surface area contributed by atoms with Crippen LogP contribution in [-0.2, 0) is 6.42 Å². The molecule has 0 unspecified atom stereocenters. The molecule has 2 aliphatic rings. The van der Waals surface area contributed by atoms with Crippen molar-refractivity contribution in [3.05, 3.63) is 186 Å². The van der Waals surface area contributed by atoms with Crippen LogP contribution < -0.4 is 0 Å². The molecule has 10 rings (SSSR count). The molecule has 2 aromatic heterocycles. The molecule has 0 atom stereocenters. The minimum Gasteiger partial charge on any atom is -0.264 e. The summed E-state index contributed by atoms with van der Waals surface area (Å²) in [4.78, 5) is 9.69. The lowest BCUT2D eigenvalue weighted by Gasteiger charge is -2.16. The summed E-state index contributed by atoms with van der Waals surface area (Å²) < 4.78 is 1.20. The largest absolute Gasteiger partial charge is 0.264 e. The zero-order valence-corrected chi connectivity index (χ0v) is 29.4. The van der Waals surface area contributed by atoms with Gasteiger partial charge in [-0.3, -0.25) is 4.98 Å².